The molecule has 78 valence electrons. The minimum atomic E-state index is -4.34. The van der Waals surface area contributed by atoms with Crippen molar-refractivity contribution in [2.45, 2.75) is 12.6 Å². The molecule has 0 unspecified atom stereocenters. The van der Waals surface area contributed by atoms with Crippen molar-refractivity contribution in [1.29, 1.82) is 0 Å². The van der Waals surface area contributed by atoms with Crippen molar-refractivity contribution in [2.24, 2.45) is 5.92 Å². The summed E-state index contributed by atoms with van der Waals surface area (Å²) in [6.07, 6.45) is -4.55. The third kappa shape index (κ3) is 2.72. The van der Waals surface area contributed by atoms with Gasteiger partial charge in [-0.25, -0.2) is 0 Å². The van der Waals surface area contributed by atoms with Gasteiger partial charge in [-0.05, 0) is 6.42 Å². The van der Waals surface area contributed by atoms with Crippen molar-refractivity contribution < 1.29 is 21.6 Å². The maximum atomic E-state index is 12.1. The lowest BCUT2D eigenvalue weighted by atomic mass is 10.1. The lowest BCUT2D eigenvalue weighted by molar-refractivity contribution is -0.169. The third-order valence-electron chi connectivity index (χ3n) is 1.92. The van der Waals surface area contributed by atoms with Gasteiger partial charge in [0.2, 0.25) is 0 Å². The molecule has 0 radical (unpaired) electrons. The zero-order valence-corrected chi connectivity index (χ0v) is 7.95. The van der Waals surface area contributed by atoms with Crippen molar-refractivity contribution >= 4 is 19.9 Å². The van der Waals surface area contributed by atoms with E-state index in [2.05, 4.69) is 0 Å². The van der Waals surface area contributed by atoms with Gasteiger partial charge in [-0.15, -0.1) is 0 Å². The van der Waals surface area contributed by atoms with Crippen LogP contribution in [-0.2, 0) is 9.24 Å². The summed E-state index contributed by atoms with van der Waals surface area (Å²) >= 11 is 0. The van der Waals surface area contributed by atoms with Gasteiger partial charge in [0.15, 0.2) is 0 Å². The highest BCUT2D eigenvalue weighted by Gasteiger charge is 2.45. The first-order valence-electron chi connectivity index (χ1n) is 3.47. The Kier molecular flexibility index (Phi) is 2.80. The van der Waals surface area contributed by atoms with Gasteiger partial charge in [0.25, 0.3) is 9.24 Å². The molecule has 1 saturated heterocycles. The van der Waals surface area contributed by atoms with Crippen LogP contribution >= 0.6 is 10.7 Å². The van der Waals surface area contributed by atoms with Crippen LogP contribution in [0.15, 0.2) is 0 Å². The molecule has 0 aromatic heterocycles. The normalized spacial score (nSPS) is 26.6. The summed E-state index contributed by atoms with van der Waals surface area (Å²) in [6, 6.07) is 0. The third-order valence-corrected chi connectivity index (χ3v) is 3.46. The smallest absolute Gasteiger partial charge is 0.195 e. The number of hydrogen-bond acceptors (Lipinski definition) is 2. The van der Waals surface area contributed by atoms with Crippen molar-refractivity contribution in [3.05, 3.63) is 0 Å². The molecule has 1 heterocycles. The molecule has 0 aromatic carbocycles. The van der Waals surface area contributed by atoms with Crippen LogP contribution < -0.4 is 0 Å². The molecule has 1 atom stereocenters. The van der Waals surface area contributed by atoms with E-state index in [9.17, 15) is 21.6 Å². The number of alkyl halides is 3. The lowest BCUT2D eigenvalue weighted by Crippen LogP contribution is -2.29. The predicted octanol–water partition coefficient (Wildman–Crippen LogP) is 1.35. The van der Waals surface area contributed by atoms with Gasteiger partial charge in [-0.3, -0.25) is 0 Å². The summed E-state index contributed by atoms with van der Waals surface area (Å²) in [5.74, 6) is -1.58. The maximum Gasteiger partial charge on any atom is 0.393 e. The average molecular weight is 238 g/mol. The fourth-order valence-corrected chi connectivity index (χ4v) is 2.25. The molecule has 0 N–H and O–H groups in total. The maximum absolute atomic E-state index is 12.1. The Labute approximate surface area is 78.0 Å². The molecule has 3 nitrogen and oxygen atoms in total. The SMILES string of the molecule is O=S(=O)(Cl)N1CC[C@@H](C(F)(F)F)C1. The molecule has 0 bridgehead atoms. The highest BCUT2D eigenvalue weighted by atomic mass is 35.7. The Bertz CT molecular complexity index is 289. The quantitative estimate of drug-likeness (QED) is 0.646. The summed E-state index contributed by atoms with van der Waals surface area (Å²) in [5.41, 5.74) is 0. The first kappa shape index (κ1) is 11.1. The van der Waals surface area contributed by atoms with E-state index >= 15 is 0 Å². The minimum Gasteiger partial charge on any atom is -0.195 e. The fraction of sp³-hybridized carbons (Fsp3) is 1.00. The molecule has 0 spiro atoms. The van der Waals surface area contributed by atoms with E-state index in [-0.39, 0.29) is 13.0 Å². The topological polar surface area (TPSA) is 37.4 Å². The van der Waals surface area contributed by atoms with Crippen LogP contribution in [0.1, 0.15) is 6.42 Å². The molecule has 13 heavy (non-hydrogen) atoms. The van der Waals surface area contributed by atoms with Crippen molar-refractivity contribution in [1.82, 2.24) is 4.31 Å². The van der Waals surface area contributed by atoms with Crippen LogP contribution in [0.3, 0.4) is 0 Å². The molecular formula is C5H7ClF3NO2S. The predicted molar refractivity (Wildman–Crippen MR) is 40.5 cm³/mol. The number of nitrogens with zero attached hydrogens (tertiary/aromatic N) is 1. The Morgan fingerprint density at radius 1 is 1.38 bits per heavy atom. The van der Waals surface area contributed by atoms with E-state index in [4.69, 9.17) is 10.7 Å². The van der Waals surface area contributed by atoms with E-state index < -0.39 is 27.9 Å². The number of rotatable bonds is 1. The van der Waals surface area contributed by atoms with Gasteiger partial charge in [-0.1, -0.05) is 0 Å². The molecule has 0 saturated carbocycles. The molecule has 0 amide bonds. The molecule has 1 aliphatic heterocycles. The van der Waals surface area contributed by atoms with E-state index in [1.165, 1.54) is 0 Å². The Morgan fingerprint density at radius 3 is 2.15 bits per heavy atom. The van der Waals surface area contributed by atoms with Crippen LogP contribution in [0.25, 0.3) is 0 Å². The Balaban J connectivity index is 2.66. The van der Waals surface area contributed by atoms with Crippen LogP contribution in [0.5, 0.6) is 0 Å². The molecule has 1 rings (SSSR count). The van der Waals surface area contributed by atoms with Crippen LogP contribution in [0.4, 0.5) is 13.2 Å². The molecule has 1 aliphatic rings. The molecule has 0 aromatic rings. The summed E-state index contributed by atoms with van der Waals surface area (Å²) in [5, 5.41) is 0. The second-order valence-electron chi connectivity index (χ2n) is 2.83. The van der Waals surface area contributed by atoms with E-state index in [1.807, 2.05) is 0 Å². The van der Waals surface area contributed by atoms with Gasteiger partial charge < -0.3 is 0 Å². The van der Waals surface area contributed by atoms with E-state index in [1.54, 1.807) is 0 Å². The summed E-state index contributed by atoms with van der Waals surface area (Å²) in [7, 11) is 0.895. The van der Waals surface area contributed by atoms with E-state index in [0.29, 0.717) is 4.31 Å². The van der Waals surface area contributed by atoms with Crippen LogP contribution in [0.2, 0.25) is 0 Å². The summed E-state index contributed by atoms with van der Waals surface area (Å²) in [6.45, 7) is -0.717. The van der Waals surface area contributed by atoms with Gasteiger partial charge in [0.05, 0.1) is 5.92 Å². The lowest BCUT2D eigenvalue weighted by Gasteiger charge is -2.14. The first-order valence-corrected chi connectivity index (χ1v) is 5.74. The molecular weight excluding hydrogens is 231 g/mol. The Hall–Kier alpha value is -0.0100. The summed E-state index contributed by atoms with van der Waals surface area (Å²) < 4.78 is 58.1. The fourth-order valence-electron chi connectivity index (χ4n) is 1.19. The highest BCUT2D eigenvalue weighted by Crippen LogP contribution is 2.34. The Morgan fingerprint density at radius 2 is 1.92 bits per heavy atom. The van der Waals surface area contributed by atoms with Gasteiger partial charge >= 0.3 is 6.18 Å². The molecule has 0 aliphatic carbocycles. The van der Waals surface area contributed by atoms with Gasteiger partial charge in [0, 0.05) is 23.8 Å². The minimum absolute atomic E-state index is 0.157. The molecule has 8 heteroatoms. The standard InChI is InChI=1S/C5H7ClF3NO2S/c6-13(11,12)10-2-1-4(3-10)5(7,8)9/h4H,1-3H2/t4-/m1/s1. The van der Waals surface area contributed by atoms with Crippen molar-refractivity contribution in [3.63, 3.8) is 0 Å². The average Bonchev–Trinajstić information content (AvgIpc) is 2.28. The highest BCUT2D eigenvalue weighted by molar-refractivity contribution is 8.11. The monoisotopic (exact) mass is 237 g/mol. The van der Waals surface area contributed by atoms with Gasteiger partial charge in [-0.2, -0.15) is 25.9 Å². The van der Waals surface area contributed by atoms with E-state index in [0.717, 1.165) is 0 Å². The van der Waals surface area contributed by atoms with Crippen LogP contribution in [0, 0.1) is 5.92 Å². The van der Waals surface area contributed by atoms with Crippen molar-refractivity contribution in [2.75, 3.05) is 13.1 Å². The molecule has 1 fully saturated rings. The number of hydrogen-bond donors (Lipinski definition) is 0. The van der Waals surface area contributed by atoms with Crippen molar-refractivity contribution in [3.8, 4) is 0 Å². The van der Waals surface area contributed by atoms with Crippen LogP contribution in [-0.4, -0.2) is 32.0 Å². The first-order chi connectivity index (χ1) is 5.71. The number of halogens is 4. The second-order valence-corrected chi connectivity index (χ2v) is 5.34. The van der Waals surface area contributed by atoms with Gasteiger partial charge in [0.1, 0.15) is 0 Å². The largest absolute Gasteiger partial charge is 0.393 e. The summed E-state index contributed by atoms with van der Waals surface area (Å²) in [4.78, 5) is 0. The zero-order valence-electron chi connectivity index (χ0n) is 6.38. The second kappa shape index (κ2) is 3.29. The zero-order chi connectivity index (χ0) is 10.3.